The smallest absolute Gasteiger partial charge is 0.335 e. The van der Waals surface area contributed by atoms with Crippen LogP contribution in [0.1, 0.15) is 63.7 Å². The summed E-state index contributed by atoms with van der Waals surface area (Å²) in [5.41, 5.74) is 0.235. The molecule has 0 spiro atoms. The molecule has 2 saturated heterocycles. The fourth-order valence-electron chi connectivity index (χ4n) is 4.97. The summed E-state index contributed by atoms with van der Waals surface area (Å²) in [6.07, 6.45) is 3.15. The zero-order valence-electron chi connectivity index (χ0n) is 21.5. The number of nitrogens with one attached hydrogen (secondary N) is 1. The third kappa shape index (κ3) is 7.43. The van der Waals surface area contributed by atoms with Gasteiger partial charge in [-0.2, -0.15) is 0 Å². The van der Waals surface area contributed by atoms with Crippen LogP contribution in [-0.4, -0.2) is 77.6 Å². The number of piperidine rings is 1. The first-order valence-corrected chi connectivity index (χ1v) is 12.9. The Balaban J connectivity index is 1.56. The Morgan fingerprint density at radius 2 is 1.71 bits per heavy atom. The van der Waals surface area contributed by atoms with Crippen LogP contribution in [0.4, 0.5) is 0 Å². The van der Waals surface area contributed by atoms with Crippen molar-refractivity contribution in [1.29, 1.82) is 0 Å². The zero-order chi connectivity index (χ0) is 25.5. The average Bonchev–Trinajstić information content (AvgIpc) is 2.82. The number of carbonyl (C=O) groups is 3. The topological polar surface area (TPSA) is 99.2 Å². The Labute approximate surface area is 209 Å². The number of ether oxygens (including phenoxy) is 1. The molecule has 0 saturated carbocycles. The zero-order valence-corrected chi connectivity index (χ0v) is 21.5. The van der Waals surface area contributed by atoms with Crippen molar-refractivity contribution in [2.45, 2.75) is 65.5 Å². The number of likely N-dealkylation sites (tertiary alicyclic amines) is 1. The van der Waals surface area contributed by atoms with Gasteiger partial charge in [-0.1, -0.05) is 27.7 Å². The number of benzene rings is 1. The van der Waals surface area contributed by atoms with Crippen LogP contribution in [0.5, 0.6) is 5.75 Å². The highest BCUT2D eigenvalue weighted by atomic mass is 16.5. The van der Waals surface area contributed by atoms with E-state index >= 15 is 0 Å². The number of amides is 2. The van der Waals surface area contributed by atoms with Crippen molar-refractivity contribution >= 4 is 17.8 Å². The third-order valence-electron chi connectivity index (χ3n) is 6.90. The van der Waals surface area contributed by atoms with Gasteiger partial charge in [-0.25, -0.2) is 4.79 Å². The number of rotatable bonds is 10. The van der Waals surface area contributed by atoms with Crippen LogP contribution in [-0.2, 0) is 9.59 Å². The first-order chi connectivity index (χ1) is 16.7. The maximum Gasteiger partial charge on any atom is 0.335 e. The molecule has 1 aromatic carbocycles. The van der Waals surface area contributed by atoms with Crippen molar-refractivity contribution in [2.24, 2.45) is 17.8 Å². The highest BCUT2D eigenvalue weighted by molar-refractivity contribution is 5.90. The van der Waals surface area contributed by atoms with Crippen LogP contribution in [0.3, 0.4) is 0 Å². The Morgan fingerprint density at radius 3 is 2.29 bits per heavy atom. The fraction of sp³-hybridized carbons (Fsp3) is 0.667. The van der Waals surface area contributed by atoms with Gasteiger partial charge in [-0.05, 0) is 67.7 Å². The summed E-state index contributed by atoms with van der Waals surface area (Å²) in [7, 11) is 0. The van der Waals surface area contributed by atoms with Gasteiger partial charge in [0, 0.05) is 26.2 Å². The van der Waals surface area contributed by atoms with E-state index in [4.69, 9.17) is 9.84 Å². The van der Waals surface area contributed by atoms with E-state index in [0.717, 1.165) is 25.8 Å². The van der Waals surface area contributed by atoms with Crippen molar-refractivity contribution in [1.82, 2.24) is 15.1 Å². The van der Waals surface area contributed by atoms with Gasteiger partial charge in [0.2, 0.25) is 11.8 Å². The molecule has 2 aliphatic heterocycles. The Bertz CT molecular complexity index is 862. The number of carboxylic acid groups (broad SMARTS) is 1. The monoisotopic (exact) mass is 487 g/mol. The lowest BCUT2D eigenvalue weighted by molar-refractivity contribution is -0.150. The predicted molar refractivity (Wildman–Crippen MR) is 134 cm³/mol. The second kappa shape index (κ2) is 12.4. The average molecular weight is 488 g/mol. The first kappa shape index (κ1) is 27.0. The van der Waals surface area contributed by atoms with Crippen molar-refractivity contribution < 1.29 is 24.2 Å². The second-order valence-electron chi connectivity index (χ2n) is 10.7. The second-order valence-corrected chi connectivity index (χ2v) is 10.7. The lowest BCUT2D eigenvalue weighted by Crippen LogP contribution is -2.62. The van der Waals surface area contributed by atoms with Crippen LogP contribution >= 0.6 is 0 Å². The molecule has 8 nitrogen and oxygen atoms in total. The lowest BCUT2D eigenvalue weighted by atomic mass is 9.94. The maximum absolute atomic E-state index is 13.6. The summed E-state index contributed by atoms with van der Waals surface area (Å²) in [5.74, 6) is 0.877. The number of carbonyl (C=O) groups excluding carboxylic acids is 2. The summed E-state index contributed by atoms with van der Waals surface area (Å²) >= 11 is 0. The Morgan fingerprint density at radius 1 is 1.06 bits per heavy atom. The minimum absolute atomic E-state index is 0.0566. The Kier molecular flexibility index (Phi) is 9.55. The molecule has 0 radical (unpaired) electrons. The molecule has 2 heterocycles. The molecule has 0 aliphatic carbocycles. The summed E-state index contributed by atoms with van der Waals surface area (Å²) in [6, 6.07) is 5.82. The molecular formula is C27H41N3O5. The van der Waals surface area contributed by atoms with Crippen LogP contribution in [0.15, 0.2) is 24.3 Å². The Hall–Kier alpha value is -2.61. The van der Waals surface area contributed by atoms with E-state index in [9.17, 15) is 14.4 Å². The van der Waals surface area contributed by atoms with Crippen molar-refractivity contribution in [3.63, 3.8) is 0 Å². The van der Waals surface area contributed by atoms with Crippen LogP contribution in [0.2, 0.25) is 0 Å². The first-order valence-electron chi connectivity index (χ1n) is 12.9. The molecule has 1 aromatic rings. The summed E-state index contributed by atoms with van der Waals surface area (Å²) in [4.78, 5) is 41.6. The van der Waals surface area contributed by atoms with Crippen LogP contribution in [0.25, 0.3) is 0 Å². The molecule has 2 N–H and O–H groups in total. The quantitative estimate of drug-likeness (QED) is 0.526. The molecule has 2 aliphatic rings. The van der Waals surface area contributed by atoms with Crippen molar-refractivity contribution in [3.05, 3.63) is 29.8 Å². The van der Waals surface area contributed by atoms with Crippen LogP contribution in [0, 0.1) is 17.8 Å². The van der Waals surface area contributed by atoms with Gasteiger partial charge in [0.05, 0.1) is 18.2 Å². The largest absolute Gasteiger partial charge is 0.493 e. The minimum Gasteiger partial charge on any atom is -0.493 e. The fourth-order valence-corrected chi connectivity index (χ4v) is 4.97. The van der Waals surface area contributed by atoms with Gasteiger partial charge in [0.15, 0.2) is 0 Å². The number of hydrogen-bond acceptors (Lipinski definition) is 5. The summed E-state index contributed by atoms with van der Waals surface area (Å²) in [6.45, 7) is 11.6. The van der Waals surface area contributed by atoms with Gasteiger partial charge >= 0.3 is 5.97 Å². The number of piperazine rings is 1. The molecule has 3 rings (SSSR count). The molecule has 194 valence electrons. The highest BCUT2D eigenvalue weighted by Crippen LogP contribution is 2.24. The number of nitrogens with zero attached hydrogens (tertiary/aromatic N) is 2. The van der Waals surface area contributed by atoms with Gasteiger partial charge in [0.25, 0.3) is 0 Å². The van der Waals surface area contributed by atoms with E-state index < -0.39 is 12.0 Å². The normalized spacial score (nSPS) is 20.4. The standard InChI is InChI=1S/C27H41N3O5/c1-18(2)15-23-25(31)30(14-11-28-23)24(16-19(3)4)26(32)29-12-9-20(10-13-29)17-35-22-7-5-21(6-8-22)27(33)34/h5-8,18-20,23-24,28H,9-17H2,1-4H3,(H,33,34). The molecule has 35 heavy (non-hydrogen) atoms. The molecule has 2 atom stereocenters. The summed E-state index contributed by atoms with van der Waals surface area (Å²) in [5, 5.41) is 12.4. The van der Waals surface area contributed by atoms with E-state index in [1.165, 1.54) is 12.1 Å². The predicted octanol–water partition coefficient (Wildman–Crippen LogP) is 3.26. The molecule has 0 bridgehead atoms. The van der Waals surface area contributed by atoms with Gasteiger partial charge in [-0.3, -0.25) is 9.59 Å². The minimum atomic E-state index is -0.956. The molecule has 2 amide bonds. The number of hydrogen-bond donors (Lipinski definition) is 2. The van der Waals surface area contributed by atoms with E-state index in [1.54, 1.807) is 12.1 Å². The molecular weight excluding hydrogens is 446 g/mol. The molecule has 0 aromatic heterocycles. The van der Waals surface area contributed by atoms with Crippen molar-refractivity contribution in [3.8, 4) is 5.75 Å². The van der Waals surface area contributed by atoms with E-state index in [1.807, 2.05) is 9.80 Å². The number of carboxylic acids is 1. The summed E-state index contributed by atoms with van der Waals surface area (Å²) < 4.78 is 5.87. The lowest BCUT2D eigenvalue weighted by Gasteiger charge is -2.42. The molecule has 2 unspecified atom stereocenters. The van der Waals surface area contributed by atoms with Crippen molar-refractivity contribution in [2.75, 3.05) is 32.8 Å². The molecule has 2 fully saturated rings. The number of aromatic carboxylic acids is 1. The molecule has 8 heteroatoms. The third-order valence-corrected chi connectivity index (χ3v) is 6.90. The van der Waals surface area contributed by atoms with Gasteiger partial charge in [0.1, 0.15) is 11.8 Å². The highest BCUT2D eigenvalue weighted by Gasteiger charge is 2.39. The van der Waals surface area contributed by atoms with E-state index in [-0.39, 0.29) is 23.4 Å². The van der Waals surface area contributed by atoms with Crippen LogP contribution < -0.4 is 10.1 Å². The maximum atomic E-state index is 13.6. The van der Waals surface area contributed by atoms with Gasteiger partial charge < -0.3 is 25.0 Å². The van der Waals surface area contributed by atoms with Gasteiger partial charge in [-0.15, -0.1) is 0 Å². The van der Waals surface area contributed by atoms with E-state index in [0.29, 0.717) is 56.2 Å². The van der Waals surface area contributed by atoms with E-state index in [2.05, 4.69) is 33.0 Å². The SMILES string of the molecule is CC(C)CC1NCCN(C(CC(C)C)C(=O)N2CCC(COc3ccc(C(=O)O)cc3)CC2)C1=O.